The quantitative estimate of drug-likeness (QED) is 0.904. The van der Waals surface area contributed by atoms with Gasteiger partial charge in [-0.15, -0.1) is 0 Å². The van der Waals surface area contributed by atoms with Crippen LogP contribution in [-0.2, 0) is 0 Å². The molecule has 23 heavy (non-hydrogen) atoms. The maximum absolute atomic E-state index is 9.76. The molecule has 4 nitrogen and oxygen atoms in total. The van der Waals surface area contributed by atoms with Gasteiger partial charge in [-0.2, -0.15) is 0 Å². The third-order valence-corrected chi connectivity index (χ3v) is 4.55. The van der Waals surface area contributed by atoms with Crippen LogP contribution in [0.2, 0.25) is 5.02 Å². The molecule has 1 saturated heterocycles. The highest BCUT2D eigenvalue weighted by atomic mass is 35.5. The fourth-order valence-corrected chi connectivity index (χ4v) is 3.12. The summed E-state index contributed by atoms with van der Waals surface area (Å²) in [5.41, 5.74) is 8.72. The van der Waals surface area contributed by atoms with Crippen LogP contribution in [0.5, 0.6) is 0 Å². The molecule has 1 aliphatic rings. The normalized spacial score (nSPS) is 16.5. The van der Waals surface area contributed by atoms with Crippen LogP contribution in [-0.4, -0.2) is 37.8 Å². The lowest BCUT2D eigenvalue weighted by molar-refractivity contribution is 0.187. The maximum Gasteiger partial charge on any atom is 0.0912 e. The van der Waals surface area contributed by atoms with E-state index in [4.69, 9.17) is 17.3 Å². The summed E-state index contributed by atoms with van der Waals surface area (Å²) in [7, 11) is 0. The van der Waals surface area contributed by atoms with Crippen molar-refractivity contribution >= 4 is 23.0 Å². The van der Waals surface area contributed by atoms with Gasteiger partial charge in [0, 0.05) is 49.1 Å². The molecule has 2 aromatic carbocycles. The van der Waals surface area contributed by atoms with Gasteiger partial charge in [0.15, 0.2) is 0 Å². The van der Waals surface area contributed by atoms with Crippen LogP contribution in [0, 0.1) is 0 Å². The molecule has 0 amide bonds. The van der Waals surface area contributed by atoms with Gasteiger partial charge in [0.05, 0.1) is 6.10 Å². The standard InChI is InChI=1S/C18H22ClN3O/c19-15-2-1-3-17(12-15)22-10-8-21(9-11-22)16-6-4-14(5-7-16)18(23)13-20/h1-7,12,18,23H,8-11,13,20H2. The summed E-state index contributed by atoms with van der Waals surface area (Å²) in [6.45, 7) is 4.11. The van der Waals surface area contributed by atoms with Gasteiger partial charge in [0.1, 0.15) is 0 Å². The fourth-order valence-electron chi connectivity index (χ4n) is 2.94. The van der Waals surface area contributed by atoms with Crippen molar-refractivity contribution in [3.63, 3.8) is 0 Å². The van der Waals surface area contributed by atoms with E-state index in [1.165, 1.54) is 11.4 Å². The van der Waals surface area contributed by atoms with Crippen LogP contribution in [0.4, 0.5) is 11.4 Å². The largest absolute Gasteiger partial charge is 0.387 e. The minimum absolute atomic E-state index is 0.248. The van der Waals surface area contributed by atoms with Crippen molar-refractivity contribution in [1.82, 2.24) is 0 Å². The Bertz CT molecular complexity index is 639. The molecule has 1 unspecified atom stereocenters. The molecule has 5 heteroatoms. The van der Waals surface area contributed by atoms with Crippen LogP contribution < -0.4 is 15.5 Å². The number of hydrogen-bond acceptors (Lipinski definition) is 4. The van der Waals surface area contributed by atoms with Crippen molar-refractivity contribution in [2.45, 2.75) is 6.10 Å². The molecule has 122 valence electrons. The van der Waals surface area contributed by atoms with E-state index in [0.717, 1.165) is 36.8 Å². The zero-order chi connectivity index (χ0) is 16.2. The minimum Gasteiger partial charge on any atom is -0.387 e. The minimum atomic E-state index is -0.580. The number of rotatable bonds is 4. The SMILES string of the molecule is NCC(O)c1ccc(N2CCN(c3cccc(Cl)c3)CC2)cc1. The highest BCUT2D eigenvalue weighted by Crippen LogP contribution is 2.24. The number of anilines is 2. The van der Waals surface area contributed by atoms with E-state index in [0.29, 0.717) is 0 Å². The maximum atomic E-state index is 9.76. The number of halogens is 1. The molecular formula is C18H22ClN3O. The predicted molar refractivity (Wildman–Crippen MR) is 96.3 cm³/mol. The molecule has 0 radical (unpaired) electrons. The zero-order valence-corrected chi connectivity index (χ0v) is 13.8. The molecule has 1 fully saturated rings. The summed E-state index contributed by atoms with van der Waals surface area (Å²) in [6.07, 6.45) is -0.580. The first-order chi connectivity index (χ1) is 11.2. The van der Waals surface area contributed by atoms with Crippen LogP contribution in [0.1, 0.15) is 11.7 Å². The Hall–Kier alpha value is -1.75. The number of piperazine rings is 1. The van der Waals surface area contributed by atoms with Gasteiger partial charge in [-0.25, -0.2) is 0 Å². The van der Waals surface area contributed by atoms with E-state index < -0.39 is 6.10 Å². The van der Waals surface area contributed by atoms with E-state index in [9.17, 15) is 5.11 Å². The summed E-state index contributed by atoms with van der Waals surface area (Å²) in [5, 5.41) is 10.5. The Kier molecular flexibility index (Phi) is 5.06. The van der Waals surface area contributed by atoms with E-state index in [-0.39, 0.29) is 6.54 Å². The van der Waals surface area contributed by atoms with Crippen molar-refractivity contribution < 1.29 is 5.11 Å². The fraction of sp³-hybridized carbons (Fsp3) is 0.333. The van der Waals surface area contributed by atoms with E-state index >= 15 is 0 Å². The number of benzene rings is 2. The number of nitrogens with zero attached hydrogens (tertiary/aromatic N) is 2. The van der Waals surface area contributed by atoms with Gasteiger partial charge in [0.2, 0.25) is 0 Å². The average Bonchev–Trinajstić information content (AvgIpc) is 2.61. The van der Waals surface area contributed by atoms with Crippen molar-refractivity contribution in [3.8, 4) is 0 Å². The zero-order valence-electron chi connectivity index (χ0n) is 13.0. The molecule has 0 saturated carbocycles. The highest BCUT2D eigenvalue weighted by Gasteiger charge is 2.18. The molecule has 0 spiro atoms. The first-order valence-corrected chi connectivity index (χ1v) is 8.29. The van der Waals surface area contributed by atoms with Gasteiger partial charge in [0.25, 0.3) is 0 Å². The smallest absolute Gasteiger partial charge is 0.0912 e. The van der Waals surface area contributed by atoms with Crippen LogP contribution in [0.25, 0.3) is 0 Å². The molecule has 0 bridgehead atoms. The topological polar surface area (TPSA) is 52.7 Å². The third kappa shape index (κ3) is 3.78. The Morgan fingerprint density at radius 1 is 0.957 bits per heavy atom. The number of hydrogen-bond donors (Lipinski definition) is 2. The molecule has 0 aliphatic carbocycles. The summed E-state index contributed by atoms with van der Waals surface area (Å²) in [4.78, 5) is 4.72. The van der Waals surface area contributed by atoms with Gasteiger partial charge < -0.3 is 20.6 Å². The molecule has 0 aromatic heterocycles. The van der Waals surface area contributed by atoms with E-state index in [1.54, 1.807) is 0 Å². The molecule has 1 heterocycles. The van der Waals surface area contributed by atoms with Crippen molar-refractivity contribution in [3.05, 3.63) is 59.1 Å². The van der Waals surface area contributed by atoms with Crippen molar-refractivity contribution in [2.24, 2.45) is 5.73 Å². The number of aliphatic hydroxyl groups excluding tert-OH is 1. The van der Waals surface area contributed by atoms with Gasteiger partial charge >= 0.3 is 0 Å². The highest BCUT2D eigenvalue weighted by molar-refractivity contribution is 6.30. The number of aliphatic hydroxyl groups is 1. The Balaban J connectivity index is 1.62. The van der Waals surface area contributed by atoms with Crippen LogP contribution in [0.3, 0.4) is 0 Å². The Morgan fingerprint density at radius 2 is 1.57 bits per heavy atom. The Labute approximate surface area is 142 Å². The summed E-state index contributed by atoms with van der Waals surface area (Å²) in [5.74, 6) is 0. The number of nitrogens with two attached hydrogens (primary N) is 1. The lowest BCUT2D eigenvalue weighted by Crippen LogP contribution is -2.46. The molecule has 3 rings (SSSR count). The summed E-state index contributed by atoms with van der Waals surface area (Å²) >= 11 is 6.07. The summed E-state index contributed by atoms with van der Waals surface area (Å²) < 4.78 is 0. The summed E-state index contributed by atoms with van der Waals surface area (Å²) in [6, 6.07) is 16.0. The molecule has 1 atom stereocenters. The van der Waals surface area contributed by atoms with Crippen molar-refractivity contribution in [2.75, 3.05) is 42.5 Å². The van der Waals surface area contributed by atoms with Gasteiger partial charge in [-0.3, -0.25) is 0 Å². The molecule has 3 N–H and O–H groups in total. The predicted octanol–water partition coefficient (Wildman–Crippen LogP) is 2.66. The first-order valence-electron chi connectivity index (χ1n) is 7.91. The van der Waals surface area contributed by atoms with Crippen molar-refractivity contribution in [1.29, 1.82) is 0 Å². The van der Waals surface area contributed by atoms with Crippen LogP contribution in [0.15, 0.2) is 48.5 Å². The first kappa shape index (κ1) is 16.1. The van der Waals surface area contributed by atoms with E-state index in [2.05, 4.69) is 28.0 Å². The average molecular weight is 332 g/mol. The second-order valence-corrected chi connectivity index (χ2v) is 6.23. The molecule has 2 aromatic rings. The third-order valence-electron chi connectivity index (χ3n) is 4.32. The van der Waals surface area contributed by atoms with E-state index in [1.807, 2.05) is 30.3 Å². The second kappa shape index (κ2) is 7.21. The lowest BCUT2D eigenvalue weighted by Gasteiger charge is -2.37. The Morgan fingerprint density at radius 3 is 2.13 bits per heavy atom. The lowest BCUT2D eigenvalue weighted by atomic mass is 10.1. The molecular weight excluding hydrogens is 310 g/mol. The monoisotopic (exact) mass is 331 g/mol. The second-order valence-electron chi connectivity index (χ2n) is 5.80. The molecule has 1 aliphatic heterocycles. The van der Waals surface area contributed by atoms with Gasteiger partial charge in [-0.05, 0) is 35.9 Å². The van der Waals surface area contributed by atoms with Crippen LogP contribution >= 0.6 is 11.6 Å². The van der Waals surface area contributed by atoms with Gasteiger partial charge in [-0.1, -0.05) is 29.8 Å².